The summed E-state index contributed by atoms with van der Waals surface area (Å²) in [5, 5.41) is 23.8. The van der Waals surface area contributed by atoms with Crippen LogP contribution in [-0.2, 0) is 4.79 Å². The highest BCUT2D eigenvalue weighted by Gasteiger charge is 2.12. The van der Waals surface area contributed by atoms with Gasteiger partial charge in [-0.25, -0.2) is 5.43 Å². The van der Waals surface area contributed by atoms with Crippen molar-refractivity contribution in [3.63, 3.8) is 0 Å². The maximum Gasteiger partial charge on any atom is 0.311 e. The summed E-state index contributed by atoms with van der Waals surface area (Å²) in [6.45, 7) is 2.03. The summed E-state index contributed by atoms with van der Waals surface area (Å²) in [5.41, 5.74) is 2.15. The first-order valence-electron chi connectivity index (χ1n) is 7.65. The van der Waals surface area contributed by atoms with Crippen LogP contribution in [0.2, 0.25) is 0 Å². The highest BCUT2D eigenvalue weighted by atomic mass is 16.6. The Bertz CT molecular complexity index is 822. The van der Waals surface area contributed by atoms with Gasteiger partial charge in [0.15, 0.2) is 23.9 Å². The first-order valence-corrected chi connectivity index (χ1v) is 7.65. The average Bonchev–Trinajstić information content (AvgIpc) is 2.62. The topological polar surface area (TPSA) is 123 Å². The van der Waals surface area contributed by atoms with E-state index in [-0.39, 0.29) is 6.61 Å². The quantitative estimate of drug-likeness (QED) is 0.423. The summed E-state index contributed by atoms with van der Waals surface area (Å²) in [5.74, 6) is 0.00345. The predicted octanol–water partition coefficient (Wildman–Crippen LogP) is 2.23. The summed E-state index contributed by atoms with van der Waals surface area (Å²) in [4.78, 5) is 21.8. The molecule has 0 unspecified atom stereocenters. The van der Waals surface area contributed by atoms with Crippen LogP contribution in [-0.4, -0.2) is 35.4 Å². The van der Waals surface area contributed by atoms with Crippen molar-refractivity contribution in [2.24, 2.45) is 5.10 Å². The fourth-order valence-corrected chi connectivity index (χ4v) is 1.97. The Balaban J connectivity index is 1.90. The van der Waals surface area contributed by atoms with Crippen LogP contribution in [0.4, 0.5) is 5.69 Å². The maximum absolute atomic E-state index is 11.8. The largest absolute Gasteiger partial charge is 0.502 e. The minimum atomic E-state index is -0.713. The highest BCUT2D eigenvalue weighted by Crippen LogP contribution is 2.26. The molecule has 1 amide bonds. The van der Waals surface area contributed by atoms with E-state index in [1.54, 1.807) is 24.3 Å². The minimum Gasteiger partial charge on any atom is -0.502 e. The molecule has 2 aromatic rings. The molecule has 2 rings (SSSR count). The lowest BCUT2D eigenvalue weighted by atomic mass is 10.2. The summed E-state index contributed by atoms with van der Waals surface area (Å²) >= 11 is 0. The van der Waals surface area contributed by atoms with Gasteiger partial charge in [-0.05, 0) is 31.2 Å². The summed E-state index contributed by atoms with van der Waals surface area (Å²) in [7, 11) is 0. The Morgan fingerprint density at radius 3 is 2.62 bits per heavy atom. The lowest BCUT2D eigenvalue weighted by Crippen LogP contribution is -2.24. The van der Waals surface area contributed by atoms with Gasteiger partial charge in [0.25, 0.3) is 5.91 Å². The van der Waals surface area contributed by atoms with E-state index in [0.29, 0.717) is 23.7 Å². The molecule has 0 aromatic heterocycles. The number of nitro benzene ring substituents is 1. The fourth-order valence-electron chi connectivity index (χ4n) is 1.97. The van der Waals surface area contributed by atoms with Gasteiger partial charge in [-0.2, -0.15) is 5.10 Å². The van der Waals surface area contributed by atoms with E-state index in [4.69, 9.17) is 9.47 Å². The Morgan fingerprint density at radius 2 is 1.96 bits per heavy atom. The van der Waals surface area contributed by atoms with E-state index in [1.807, 2.05) is 6.92 Å². The molecule has 0 aliphatic rings. The number of benzene rings is 2. The van der Waals surface area contributed by atoms with Crippen molar-refractivity contribution in [3.05, 3.63) is 58.1 Å². The van der Waals surface area contributed by atoms with Crippen molar-refractivity contribution in [2.75, 3.05) is 13.2 Å². The second-order valence-electron chi connectivity index (χ2n) is 4.97. The third-order valence-corrected chi connectivity index (χ3v) is 3.11. The summed E-state index contributed by atoms with van der Waals surface area (Å²) in [6, 6.07) is 10.7. The lowest BCUT2D eigenvalue weighted by molar-refractivity contribution is -0.385. The molecule has 9 nitrogen and oxygen atoms in total. The summed E-state index contributed by atoms with van der Waals surface area (Å²) < 4.78 is 10.8. The standard InChI is InChI=1S/C17H17N3O6/c1-2-25-15-5-3-4-6-16(15)26-11-17(22)19-18-10-12-7-8-14(21)13(9-12)20(23)24/h3-10,21H,2,11H2,1H3,(H,19,22). The Morgan fingerprint density at radius 1 is 1.27 bits per heavy atom. The van der Waals surface area contributed by atoms with E-state index in [0.717, 1.165) is 6.07 Å². The van der Waals surface area contributed by atoms with Gasteiger partial charge in [0.2, 0.25) is 0 Å². The first-order chi connectivity index (χ1) is 12.5. The van der Waals surface area contributed by atoms with Crippen molar-refractivity contribution >= 4 is 17.8 Å². The molecule has 26 heavy (non-hydrogen) atoms. The molecular weight excluding hydrogens is 342 g/mol. The number of hydrazone groups is 1. The third kappa shape index (κ3) is 5.20. The van der Waals surface area contributed by atoms with Gasteiger partial charge < -0.3 is 14.6 Å². The molecule has 0 aliphatic heterocycles. The van der Waals surface area contributed by atoms with Crippen molar-refractivity contribution in [1.82, 2.24) is 5.43 Å². The van der Waals surface area contributed by atoms with Gasteiger partial charge in [0, 0.05) is 11.6 Å². The number of phenolic OH excluding ortho intramolecular Hbond substituents is 1. The zero-order valence-corrected chi connectivity index (χ0v) is 13.9. The number of nitrogens with one attached hydrogen (secondary N) is 1. The zero-order chi connectivity index (χ0) is 18.9. The number of aromatic hydroxyl groups is 1. The number of nitrogens with zero attached hydrogens (tertiary/aromatic N) is 2. The van der Waals surface area contributed by atoms with Gasteiger partial charge in [-0.15, -0.1) is 0 Å². The molecule has 0 saturated carbocycles. The smallest absolute Gasteiger partial charge is 0.311 e. The van der Waals surface area contributed by atoms with Crippen LogP contribution in [0.25, 0.3) is 0 Å². The number of ether oxygens (including phenoxy) is 2. The minimum absolute atomic E-state index is 0.281. The van der Waals surface area contributed by atoms with Crippen LogP contribution in [0.1, 0.15) is 12.5 Å². The molecule has 9 heteroatoms. The molecule has 0 fully saturated rings. The van der Waals surface area contributed by atoms with Crippen molar-refractivity contribution in [2.45, 2.75) is 6.92 Å². The van der Waals surface area contributed by atoms with Gasteiger partial charge in [-0.1, -0.05) is 12.1 Å². The maximum atomic E-state index is 11.8. The van der Waals surface area contributed by atoms with Gasteiger partial charge in [0.05, 0.1) is 17.7 Å². The van der Waals surface area contributed by atoms with E-state index in [1.165, 1.54) is 18.3 Å². The van der Waals surface area contributed by atoms with Gasteiger partial charge in [0.1, 0.15) is 0 Å². The van der Waals surface area contributed by atoms with Gasteiger partial charge in [-0.3, -0.25) is 14.9 Å². The molecule has 0 bridgehead atoms. The van der Waals surface area contributed by atoms with Crippen LogP contribution in [0.5, 0.6) is 17.2 Å². The predicted molar refractivity (Wildman–Crippen MR) is 93.6 cm³/mol. The van der Waals surface area contributed by atoms with E-state index in [9.17, 15) is 20.0 Å². The van der Waals surface area contributed by atoms with Crippen LogP contribution in [0.15, 0.2) is 47.6 Å². The van der Waals surface area contributed by atoms with Crippen LogP contribution in [0, 0.1) is 10.1 Å². The normalized spacial score (nSPS) is 10.5. The molecule has 136 valence electrons. The molecule has 0 saturated heterocycles. The average molecular weight is 359 g/mol. The number of rotatable bonds is 8. The van der Waals surface area contributed by atoms with E-state index in [2.05, 4.69) is 10.5 Å². The molecule has 0 spiro atoms. The van der Waals surface area contributed by atoms with Crippen LogP contribution >= 0.6 is 0 Å². The number of phenols is 1. The van der Waals surface area contributed by atoms with Crippen LogP contribution < -0.4 is 14.9 Å². The molecule has 0 radical (unpaired) electrons. The summed E-state index contributed by atoms with van der Waals surface area (Å²) in [6.07, 6.45) is 1.22. The Kier molecular flexibility index (Phi) is 6.49. The molecular formula is C17H17N3O6. The SMILES string of the molecule is CCOc1ccccc1OCC(=O)NN=Cc1ccc(O)c([N+](=O)[O-])c1. The van der Waals surface area contributed by atoms with Crippen molar-refractivity contribution in [3.8, 4) is 17.2 Å². The number of para-hydroxylation sites is 2. The highest BCUT2D eigenvalue weighted by molar-refractivity contribution is 5.84. The first kappa shape index (κ1) is 18.7. The Labute approximate surface area is 149 Å². The number of carbonyl (C=O) groups excluding carboxylic acids is 1. The van der Waals surface area contributed by atoms with E-state index < -0.39 is 22.3 Å². The molecule has 0 heterocycles. The number of carbonyl (C=O) groups is 1. The second kappa shape index (κ2) is 9.02. The molecule has 0 aliphatic carbocycles. The van der Waals surface area contributed by atoms with E-state index >= 15 is 0 Å². The number of hydrogen-bond donors (Lipinski definition) is 2. The molecule has 0 atom stereocenters. The lowest BCUT2D eigenvalue weighted by Gasteiger charge is -2.10. The number of hydrogen-bond acceptors (Lipinski definition) is 7. The van der Waals surface area contributed by atoms with Gasteiger partial charge >= 0.3 is 5.69 Å². The number of nitro groups is 1. The van der Waals surface area contributed by atoms with Crippen LogP contribution in [0.3, 0.4) is 0 Å². The monoisotopic (exact) mass is 359 g/mol. The Hall–Kier alpha value is -3.62. The fraction of sp³-hybridized carbons (Fsp3) is 0.176. The third-order valence-electron chi connectivity index (χ3n) is 3.11. The molecule has 2 N–H and O–H groups in total. The van der Waals surface area contributed by atoms with Crippen molar-refractivity contribution < 1.29 is 24.3 Å². The zero-order valence-electron chi connectivity index (χ0n) is 13.9. The molecule has 2 aromatic carbocycles. The number of amides is 1. The van der Waals surface area contributed by atoms with Crippen molar-refractivity contribution in [1.29, 1.82) is 0 Å². The second-order valence-corrected chi connectivity index (χ2v) is 4.97.